The van der Waals surface area contributed by atoms with E-state index in [1.807, 2.05) is 27.2 Å². The fraction of sp³-hybridized carbons (Fsp3) is 0.787. The van der Waals surface area contributed by atoms with Crippen LogP contribution in [0.15, 0.2) is 97.2 Å². The molecule has 3 unspecified atom stereocenters. The summed E-state index contributed by atoms with van der Waals surface area (Å²) >= 11 is 0. The Balaban J connectivity index is 4.04. The Morgan fingerprint density at radius 3 is 1.03 bits per heavy atom. The molecule has 1 amide bonds. The second-order valence-electron chi connectivity index (χ2n) is 27.0. The van der Waals surface area contributed by atoms with Gasteiger partial charge in [0.15, 0.2) is 0 Å². The number of phosphoric ester groups is 1. The van der Waals surface area contributed by atoms with Gasteiger partial charge in [0.05, 0.1) is 39.9 Å². The van der Waals surface area contributed by atoms with E-state index in [0.29, 0.717) is 17.4 Å². The summed E-state index contributed by atoms with van der Waals surface area (Å²) in [5.74, 6) is -0.183. The summed E-state index contributed by atoms with van der Waals surface area (Å²) in [7, 11) is 1.56. The predicted octanol–water partition coefficient (Wildman–Crippen LogP) is 24.8. The summed E-state index contributed by atoms with van der Waals surface area (Å²) < 4.78 is 23.8. The number of carbonyl (C=O) groups is 1. The van der Waals surface area contributed by atoms with E-state index in [0.717, 1.165) is 77.0 Å². The van der Waals surface area contributed by atoms with Crippen LogP contribution in [0, 0.1) is 0 Å². The number of amides is 1. The molecule has 0 aliphatic rings. The number of carbonyl (C=O) groups excluding carboxylic acids is 1. The van der Waals surface area contributed by atoms with E-state index in [1.54, 1.807) is 6.08 Å². The minimum absolute atomic E-state index is 0.0546. The van der Waals surface area contributed by atoms with Crippen molar-refractivity contribution < 1.29 is 32.9 Å². The van der Waals surface area contributed by atoms with E-state index in [-0.39, 0.29) is 19.1 Å². The lowest BCUT2D eigenvalue weighted by molar-refractivity contribution is -0.870. The van der Waals surface area contributed by atoms with Crippen molar-refractivity contribution in [2.75, 3.05) is 40.9 Å². The van der Waals surface area contributed by atoms with Gasteiger partial charge in [0, 0.05) is 6.42 Å². The minimum atomic E-state index is -4.37. The Morgan fingerprint density at radius 1 is 0.393 bits per heavy atom. The predicted molar refractivity (Wildman–Crippen MR) is 392 cm³/mol. The first-order valence-electron chi connectivity index (χ1n) is 38.1. The molecule has 3 atom stereocenters. The fourth-order valence-corrected chi connectivity index (χ4v) is 11.9. The number of quaternary nitrogens is 1. The van der Waals surface area contributed by atoms with Crippen LogP contribution in [0.3, 0.4) is 0 Å². The summed E-state index contributed by atoms with van der Waals surface area (Å²) in [5.41, 5.74) is 0. The molecule has 89 heavy (non-hydrogen) atoms. The Bertz CT molecular complexity index is 1780. The average molecular weight is 1270 g/mol. The molecule has 0 spiro atoms. The Labute approximate surface area is 553 Å². The van der Waals surface area contributed by atoms with Gasteiger partial charge in [0.2, 0.25) is 5.91 Å². The maximum atomic E-state index is 13.1. The van der Waals surface area contributed by atoms with Crippen molar-refractivity contribution in [3.63, 3.8) is 0 Å². The van der Waals surface area contributed by atoms with E-state index >= 15 is 0 Å². The van der Waals surface area contributed by atoms with Gasteiger partial charge in [-0.05, 0) is 83.5 Å². The van der Waals surface area contributed by atoms with Crippen molar-refractivity contribution in [3.05, 3.63) is 97.2 Å². The Hall–Kier alpha value is -2.58. The highest BCUT2D eigenvalue weighted by molar-refractivity contribution is 7.47. The summed E-state index contributed by atoms with van der Waals surface area (Å²) in [5, 5.41) is 14.0. The molecule has 0 aromatic rings. The molecule has 0 saturated carbocycles. The van der Waals surface area contributed by atoms with Gasteiger partial charge in [0.1, 0.15) is 13.2 Å². The molecular formula is C80H148N2O6P+. The number of unbranched alkanes of at least 4 members (excludes halogenated alkanes) is 43. The van der Waals surface area contributed by atoms with E-state index < -0.39 is 20.0 Å². The second kappa shape index (κ2) is 69.8. The highest BCUT2D eigenvalue weighted by atomic mass is 31.2. The molecule has 0 aromatic heterocycles. The number of allylic oxidation sites excluding steroid dienone is 15. The van der Waals surface area contributed by atoms with Crippen molar-refractivity contribution >= 4 is 13.7 Å². The third kappa shape index (κ3) is 72.7. The Kier molecular flexibility index (Phi) is 67.7. The number of phosphoric acid groups is 1. The van der Waals surface area contributed by atoms with Gasteiger partial charge >= 0.3 is 7.82 Å². The third-order valence-electron chi connectivity index (χ3n) is 17.0. The van der Waals surface area contributed by atoms with Crippen LogP contribution in [0.5, 0.6) is 0 Å². The van der Waals surface area contributed by atoms with Crippen LogP contribution in [0.2, 0.25) is 0 Å². The first-order valence-corrected chi connectivity index (χ1v) is 39.6. The molecule has 0 heterocycles. The molecule has 0 fully saturated rings. The van der Waals surface area contributed by atoms with Gasteiger partial charge in [-0.3, -0.25) is 13.8 Å². The maximum Gasteiger partial charge on any atom is 0.472 e. The van der Waals surface area contributed by atoms with Crippen LogP contribution < -0.4 is 5.32 Å². The summed E-state index contributed by atoms with van der Waals surface area (Å²) in [6.45, 7) is 4.72. The molecule has 3 N–H and O–H groups in total. The fourth-order valence-electron chi connectivity index (χ4n) is 11.2. The van der Waals surface area contributed by atoms with Crippen LogP contribution in [0.4, 0.5) is 0 Å². The number of nitrogens with one attached hydrogen (secondary N) is 1. The number of aliphatic hydroxyl groups is 1. The molecule has 0 rings (SSSR count). The quantitative estimate of drug-likeness (QED) is 0.0243. The standard InChI is InChI=1S/C80H147N2O6P/c1-6-8-10-12-14-16-18-20-22-24-26-28-30-32-34-36-38-39-40-41-42-43-44-46-48-50-52-54-56-58-60-62-64-66-68-70-72-74-80(84)81-78(77-88-89(85,86)87-76-75-82(3,4)5)79(83)73-71-69-67-65-63-61-59-57-55-53-51-49-47-45-37-35-33-31-29-27-25-23-21-19-17-15-13-11-9-7-2/h8,10,14,16,20,22,26,28,32,34,38-39,63,65,71,73,78-79,83H,6-7,9,11-13,15,17-19,21,23-25,27,29-31,33,35-37,40-62,64,66-70,72,74-77H2,1-5H3,(H-,81,84,85,86)/p+1/b10-8-,16-14-,22-20-,28-26-,34-32-,39-38-,65-63+,73-71+. The van der Waals surface area contributed by atoms with Crippen LogP contribution in [-0.2, 0) is 18.4 Å². The van der Waals surface area contributed by atoms with Gasteiger partial charge < -0.3 is 19.8 Å². The highest BCUT2D eigenvalue weighted by Gasteiger charge is 2.28. The number of rotatable bonds is 70. The molecule has 9 heteroatoms. The molecule has 0 radical (unpaired) electrons. The molecule has 0 aromatic carbocycles. The lowest BCUT2D eigenvalue weighted by Gasteiger charge is -2.25. The van der Waals surface area contributed by atoms with Crippen molar-refractivity contribution in [2.24, 2.45) is 0 Å². The summed E-state index contributed by atoms with van der Waals surface area (Å²) in [6, 6.07) is -0.869. The number of nitrogens with zero attached hydrogens (tertiary/aromatic N) is 1. The highest BCUT2D eigenvalue weighted by Crippen LogP contribution is 2.43. The number of likely N-dealkylation sites (N-methyl/N-ethyl adjacent to an activating group) is 1. The Morgan fingerprint density at radius 2 is 0.685 bits per heavy atom. The average Bonchev–Trinajstić information content (AvgIpc) is 3.57. The number of hydrogen-bond donors (Lipinski definition) is 3. The second-order valence-corrected chi connectivity index (χ2v) is 28.4. The summed E-state index contributed by atoms with van der Waals surface area (Å²) in [6.07, 6.45) is 102. The van der Waals surface area contributed by atoms with Crippen LogP contribution >= 0.6 is 7.82 Å². The molecule has 8 nitrogen and oxygen atoms in total. The first-order chi connectivity index (χ1) is 43.5. The molecule has 0 aliphatic carbocycles. The normalized spacial score (nSPS) is 14.1. The zero-order valence-corrected chi connectivity index (χ0v) is 60.3. The summed E-state index contributed by atoms with van der Waals surface area (Å²) in [4.78, 5) is 23.5. The van der Waals surface area contributed by atoms with Crippen LogP contribution in [0.25, 0.3) is 0 Å². The SMILES string of the molecule is CC/C=C\C/C=C\C/C=C\C/C=C\C/C=C\C/C=C\CCCCCCCCCCCCCCCCCCCCC(=O)NC(COP(=O)(O)OCC[N+](C)(C)C)C(O)/C=C/CC/C=C/CCCCCCCCCCCCCCCCCCCCCCCCCC. The van der Waals surface area contributed by atoms with Gasteiger partial charge in [-0.25, -0.2) is 4.57 Å². The molecular weight excluding hydrogens is 1120 g/mol. The third-order valence-corrected chi connectivity index (χ3v) is 18.0. The lowest BCUT2D eigenvalue weighted by Crippen LogP contribution is -2.45. The van der Waals surface area contributed by atoms with Crippen molar-refractivity contribution in [1.82, 2.24) is 5.32 Å². The smallest absolute Gasteiger partial charge is 0.387 e. The van der Waals surface area contributed by atoms with E-state index in [9.17, 15) is 19.4 Å². The molecule has 0 saturated heterocycles. The topological polar surface area (TPSA) is 105 Å². The number of hydrogen-bond acceptors (Lipinski definition) is 5. The zero-order chi connectivity index (χ0) is 64.8. The molecule has 0 bridgehead atoms. The monoisotopic (exact) mass is 1260 g/mol. The van der Waals surface area contributed by atoms with Gasteiger partial charge in [-0.15, -0.1) is 0 Å². The van der Waals surface area contributed by atoms with E-state index in [2.05, 4.69) is 104 Å². The maximum absolute atomic E-state index is 13.1. The number of aliphatic hydroxyl groups excluding tert-OH is 1. The van der Waals surface area contributed by atoms with Crippen LogP contribution in [0.1, 0.15) is 354 Å². The zero-order valence-electron chi connectivity index (χ0n) is 59.4. The largest absolute Gasteiger partial charge is 0.472 e. The van der Waals surface area contributed by atoms with Crippen molar-refractivity contribution in [2.45, 2.75) is 366 Å². The van der Waals surface area contributed by atoms with Crippen molar-refractivity contribution in [1.29, 1.82) is 0 Å². The van der Waals surface area contributed by atoms with Gasteiger partial charge in [-0.1, -0.05) is 361 Å². The minimum Gasteiger partial charge on any atom is -0.387 e. The first kappa shape index (κ1) is 86.4. The van der Waals surface area contributed by atoms with Crippen LogP contribution in [-0.4, -0.2) is 73.4 Å². The molecule has 518 valence electrons. The molecule has 0 aliphatic heterocycles. The van der Waals surface area contributed by atoms with Crippen molar-refractivity contribution in [3.8, 4) is 0 Å². The van der Waals surface area contributed by atoms with Gasteiger partial charge in [-0.2, -0.15) is 0 Å². The van der Waals surface area contributed by atoms with Gasteiger partial charge in [0.25, 0.3) is 0 Å². The van der Waals surface area contributed by atoms with E-state index in [4.69, 9.17) is 9.05 Å². The van der Waals surface area contributed by atoms with E-state index in [1.165, 1.54) is 257 Å². The lowest BCUT2D eigenvalue weighted by atomic mass is 10.0.